The fourth-order valence-electron chi connectivity index (χ4n) is 3.06. The van der Waals surface area contributed by atoms with E-state index in [1.54, 1.807) is 18.2 Å². The van der Waals surface area contributed by atoms with Crippen molar-refractivity contribution in [1.82, 2.24) is 19.7 Å². The molecular formula is C19H15F2N7O2. The minimum atomic E-state index is -1.38. The minimum absolute atomic E-state index is 0.0242. The predicted molar refractivity (Wildman–Crippen MR) is 107 cm³/mol. The number of benzene rings is 2. The van der Waals surface area contributed by atoms with Crippen LogP contribution in [-0.2, 0) is 6.54 Å². The summed E-state index contributed by atoms with van der Waals surface area (Å²) < 4.78 is 29.5. The molecular weight excluding hydrogens is 396 g/mol. The zero-order valence-corrected chi connectivity index (χ0v) is 15.3. The molecule has 152 valence electrons. The number of hydrogen-bond donors (Lipinski definition) is 4. The van der Waals surface area contributed by atoms with Crippen LogP contribution in [-0.4, -0.2) is 30.9 Å². The quantitative estimate of drug-likeness (QED) is 0.404. The van der Waals surface area contributed by atoms with E-state index in [0.717, 1.165) is 0 Å². The third-order valence-corrected chi connectivity index (χ3v) is 4.40. The van der Waals surface area contributed by atoms with E-state index in [2.05, 4.69) is 15.1 Å². The lowest BCUT2D eigenvalue weighted by atomic mass is 10.2. The Bertz CT molecular complexity index is 1270. The standard InChI is InChI=1S/C19H15F2N7O2/c20-10-5-6-13-11(7-10)14(27-28(13)8-9-3-1-2-4-12(9)21)18-25-16(22)15(17(23)26-18)24-19(29)30/h1-7,24H,8H2,(H,29,30)(H4,22,23,25,26). The van der Waals surface area contributed by atoms with Crippen molar-refractivity contribution in [3.8, 4) is 11.5 Å². The summed E-state index contributed by atoms with van der Waals surface area (Å²) >= 11 is 0. The summed E-state index contributed by atoms with van der Waals surface area (Å²) in [5.74, 6) is -1.37. The highest BCUT2D eigenvalue weighted by atomic mass is 19.1. The monoisotopic (exact) mass is 411 g/mol. The summed E-state index contributed by atoms with van der Waals surface area (Å²) in [5.41, 5.74) is 12.5. The smallest absolute Gasteiger partial charge is 0.409 e. The van der Waals surface area contributed by atoms with Crippen molar-refractivity contribution in [1.29, 1.82) is 0 Å². The van der Waals surface area contributed by atoms with Gasteiger partial charge in [-0.3, -0.25) is 10.00 Å². The van der Waals surface area contributed by atoms with Crippen LogP contribution in [0, 0.1) is 11.6 Å². The van der Waals surface area contributed by atoms with Crippen LogP contribution in [0.15, 0.2) is 42.5 Å². The topological polar surface area (TPSA) is 145 Å². The maximum Gasteiger partial charge on any atom is 0.409 e. The van der Waals surface area contributed by atoms with Gasteiger partial charge in [-0.25, -0.2) is 23.5 Å². The summed E-state index contributed by atoms with van der Waals surface area (Å²) in [5, 5.41) is 15.7. The van der Waals surface area contributed by atoms with Crippen molar-refractivity contribution in [3.63, 3.8) is 0 Å². The number of rotatable bonds is 4. The maximum atomic E-state index is 14.1. The SMILES string of the molecule is Nc1nc(-c2nn(Cc3ccccc3F)c3ccc(F)cc23)nc(N)c1NC(=O)O. The molecule has 2 aromatic carbocycles. The Labute approximate surface area is 168 Å². The van der Waals surface area contributed by atoms with Crippen LogP contribution in [0.1, 0.15) is 5.56 Å². The highest BCUT2D eigenvalue weighted by molar-refractivity contribution is 5.95. The van der Waals surface area contributed by atoms with Gasteiger partial charge in [0, 0.05) is 10.9 Å². The van der Waals surface area contributed by atoms with Gasteiger partial charge in [-0.05, 0) is 24.3 Å². The number of halogens is 2. The number of nitrogens with two attached hydrogens (primary N) is 2. The van der Waals surface area contributed by atoms with Crippen molar-refractivity contribution >= 4 is 34.3 Å². The normalized spacial score (nSPS) is 11.0. The molecule has 0 bridgehead atoms. The number of hydrogen-bond acceptors (Lipinski definition) is 6. The number of carboxylic acid groups (broad SMARTS) is 1. The lowest BCUT2D eigenvalue weighted by Crippen LogP contribution is -2.14. The number of amides is 1. The molecule has 11 heteroatoms. The second-order valence-electron chi connectivity index (χ2n) is 6.38. The van der Waals surface area contributed by atoms with Crippen LogP contribution in [0.3, 0.4) is 0 Å². The molecule has 0 fully saturated rings. The Balaban J connectivity index is 1.87. The number of nitrogens with one attached hydrogen (secondary N) is 1. The van der Waals surface area contributed by atoms with Crippen LogP contribution in [0.25, 0.3) is 22.4 Å². The summed E-state index contributed by atoms with van der Waals surface area (Å²) in [7, 11) is 0. The van der Waals surface area contributed by atoms with E-state index in [0.29, 0.717) is 16.5 Å². The molecule has 0 radical (unpaired) electrons. The molecule has 6 N–H and O–H groups in total. The molecule has 0 unspecified atom stereocenters. The first-order valence-electron chi connectivity index (χ1n) is 8.66. The third-order valence-electron chi connectivity index (χ3n) is 4.40. The van der Waals surface area contributed by atoms with Gasteiger partial charge in [-0.15, -0.1) is 0 Å². The van der Waals surface area contributed by atoms with Crippen molar-refractivity contribution in [2.24, 2.45) is 0 Å². The van der Waals surface area contributed by atoms with Crippen molar-refractivity contribution in [2.75, 3.05) is 16.8 Å². The molecule has 9 nitrogen and oxygen atoms in total. The van der Waals surface area contributed by atoms with Crippen molar-refractivity contribution in [2.45, 2.75) is 6.54 Å². The number of aromatic nitrogens is 4. The van der Waals surface area contributed by atoms with Crippen LogP contribution >= 0.6 is 0 Å². The minimum Gasteiger partial charge on any atom is -0.465 e. The van der Waals surface area contributed by atoms with E-state index < -0.39 is 17.7 Å². The first kappa shape index (κ1) is 19.1. The molecule has 0 atom stereocenters. The van der Waals surface area contributed by atoms with E-state index in [1.807, 2.05) is 5.32 Å². The highest BCUT2D eigenvalue weighted by Crippen LogP contribution is 2.31. The molecule has 0 aliphatic heterocycles. The van der Waals surface area contributed by atoms with Gasteiger partial charge in [0.2, 0.25) is 0 Å². The number of fused-ring (bicyclic) bond motifs is 1. The van der Waals surface area contributed by atoms with E-state index in [9.17, 15) is 13.6 Å². The molecule has 0 aliphatic rings. The lowest BCUT2D eigenvalue weighted by molar-refractivity contribution is 0.209. The molecule has 30 heavy (non-hydrogen) atoms. The van der Waals surface area contributed by atoms with Crippen LogP contribution in [0.5, 0.6) is 0 Å². The maximum absolute atomic E-state index is 14.1. The Kier molecular flexibility index (Phi) is 4.62. The van der Waals surface area contributed by atoms with Crippen LogP contribution in [0.2, 0.25) is 0 Å². The Hall–Kier alpha value is -4.28. The first-order valence-corrected chi connectivity index (χ1v) is 8.66. The molecule has 0 aliphatic carbocycles. The molecule has 0 saturated heterocycles. The zero-order valence-electron chi connectivity index (χ0n) is 15.3. The summed E-state index contributed by atoms with van der Waals surface area (Å²) in [6.45, 7) is 0.0818. The average molecular weight is 411 g/mol. The Morgan fingerprint density at radius 2 is 1.80 bits per heavy atom. The highest BCUT2D eigenvalue weighted by Gasteiger charge is 2.20. The third kappa shape index (κ3) is 3.43. The van der Waals surface area contributed by atoms with Gasteiger partial charge in [0.1, 0.15) is 23.0 Å². The van der Waals surface area contributed by atoms with E-state index >= 15 is 0 Å². The lowest BCUT2D eigenvalue weighted by Gasteiger charge is -2.08. The van der Waals surface area contributed by atoms with Gasteiger partial charge in [0.05, 0.1) is 12.1 Å². The second-order valence-corrected chi connectivity index (χ2v) is 6.38. The van der Waals surface area contributed by atoms with Crippen molar-refractivity contribution in [3.05, 3.63) is 59.7 Å². The molecule has 2 aromatic heterocycles. The number of nitrogen functional groups attached to an aromatic ring is 2. The molecule has 0 saturated carbocycles. The molecule has 2 heterocycles. The number of carbonyl (C=O) groups is 1. The van der Waals surface area contributed by atoms with Gasteiger partial charge in [0.25, 0.3) is 0 Å². The van der Waals surface area contributed by atoms with Crippen molar-refractivity contribution < 1.29 is 18.7 Å². The van der Waals surface area contributed by atoms with Crippen LogP contribution in [0.4, 0.5) is 30.9 Å². The molecule has 4 rings (SSSR count). The fourth-order valence-corrected chi connectivity index (χ4v) is 3.06. The average Bonchev–Trinajstić information content (AvgIpc) is 3.03. The Morgan fingerprint density at radius 1 is 1.10 bits per heavy atom. The Morgan fingerprint density at radius 3 is 2.47 bits per heavy atom. The second kappa shape index (κ2) is 7.28. The summed E-state index contributed by atoms with van der Waals surface area (Å²) in [4.78, 5) is 19.0. The van der Waals surface area contributed by atoms with Gasteiger partial charge in [0.15, 0.2) is 17.5 Å². The van der Waals surface area contributed by atoms with Gasteiger partial charge < -0.3 is 16.6 Å². The van der Waals surface area contributed by atoms with E-state index in [4.69, 9.17) is 16.6 Å². The number of nitrogens with zero attached hydrogens (tertiary/aromatic N) is 4. The van der Waals surface area contributed by atoms with E-state index in [1.165, 1.54) is 28.9 Å². The van der Waals surface area contributed by atoms with Gasteiger partial charge in [-0.2, -0.15) is 5.10 Å². The number of anilines is 3. The molecule has 1 amide bonds. The largest absolute Gasteiger partial charge is 0.465 e. The first-order chi connectivity index (χ1) is 14.3. The van der Waals surface area contributed by atoms with E-state index in [-0.39, 0.29) is 35.4 Å². The van der Waals surface area contributed by atoms with Crippen LogP contribution < -0.4 is 16.8 Å². The molecule has 0 spiro atoms. The zero-order chi connectivity index (χ0) is 21.4. The fraction of sp³-hybridized carbons (Fsp3) is 0.0526. The predicted octanol–water partition coefficient (Wildman–Crippen LogP) is 3.07. The van der Waals surface area contributed by atoms with Gasteiger partial charge >= 0.3 is 6.09 Å². The summed E-state index contributed by atoms with van der Waals surface area (Å²) in [6.07, 6.45) is -1.38. The van der Waals surface area contributed by atoms with Gasteiger partial charge in [-0.1, -0.05) is 18.2 Å². The summed E-state index contributed by atoms with van der Waals surface area (Å²) in [6, 6.07) is 10.2. The molecule has 4 aromatic rings.